The summed E-state index contributed by atoms with van der Waals surface area (Å²) >= 11 is 0. The van der Waals surface area contributed by atoms with Crippen LogP contribution in [0.2, 0.25) is 0 Å². The van der Waals surface area contributed by atoms with Gasteiger partial charge in [0.25, 0.3) is 0 Å². The molecule has 0 atom stereocenters. The first-order valence-electron chi connectivity index (χ1n) is 5.29. The summed E-state index contributed by atoms with van der Waals surface area (Å²) in [4.78, 5) is 14.7. The van der Waals surface area contributed by atoms with Gasteiger partial charge in [-0.25, -0.2) is 18.0 Å². The Morgan fingerprint density at radius 3 is 2.37 bits per heavy atom. The Kier molecular flexibility index (Phi) is 3.50. The molecule has 0 spiro atoms. The maximum absolute atomic E-state index is 13.0. The summed E-state index contributed by atoms with van der Waals surface area (Å²) in [7, 11) is 0. The van der Waals surface area contributed by atoms with E-state index in [4.69, 9.17) is 5.11 Å². The Morgan fingerprint density at radius 2 is 1.79 bits per heavy atom. The number of aromatic nitrogens is 1. The fraction of sp³-hybridized carbons (Fsp3) is 0.0769. The van der Waals surface area contributed by atoms with E-state index >= 15 is 0 Å². The second-order valence-corrected chi connectivity index (χ2v) is 3.89. The average molecular weight is 267 g/mol. The van der Waals surface area contributed by atoms with Crippen molar-refractivity contribution in [1.82, 2.24) is 4.98 Å². The van der Waals surface area contributed by atoms with Gasteiger partial charge in [0, 0.05) is 18.3 Å². The first-order chi connectivity index (χ1) is 8.97. The topological polar surface area (TPSA) is 50.2 Å². The highest BCUT2D eigenvalue weighted by Gasteiger charge is 2.12. The van der Waals surface area contributed by atoms with Crippen LogP contribution < -0.4 is 0 Å². The van der Waals surface area contributed by atoms with Crippen LogP contribution in [0.25, 0.3) is 0 Å². The molecular weight excluding hydrogens is 259 g/mol. The van der Waals surface area contributed by atoms with E-state index in [1.807, 2.05) is 0 Å². The van der Waals surface area contributed by atoms with Gasteiger partial charge in [-0.05, 0) is 29.8 Å². The highest BCUT2D eigenvalue weighted by atomic mass is 19.2. The number of aromatic carboxylic acids is 1. The second kappa shape index (κ2) is 5.09. The number of halogens is 3. The Balaban J connectivity index is 2.31. The summed E-state index contributed by atoms with van der Waals surface area (Å²) in [5.74, 6) is -5.23. The van der Waals surface area contributed by atoms with E-state index in [1.54, 1.807) is 0 Å². The van der Waals surface area contributed by atoms with Crippen molar-refractivity contribution in [2.45, 2.75) is 6.42 Å². The molecular formula is C13H8F3NO2. The van der Waals surface area contributed by atoms with Crippen LogP contribution in [0.1, 0.15) is 21.6 Å². The zero-order valence-corrected chi connectivity index (χ0v) is 9.53. The number of carbonyl (C=O) groups is 1. The minimum absolute atomic E-state index is 0.00917. The van der Waals surface area contributed by atoms with Crippen molar-refractivity contribution in [3.05, 3.63) is 64.7 Å². The number of hydrogen-bond donors (Lipinski definition) is 1. The molecule has 0 fully saturated rings. The molecule has 3 nitrogen and oxygen atoms in total. The predicted molar refractivity (Wildman–Crippen MR) is 60.3 cm³/mol. The standard InChI is InChI=1S/C13H8F3NO2/c14-10-4-7(5-11(15)12(10)16)3-9-6-8(13(18)19)1-2-17-9/h1-2,4-6H,3H2,(H,18,19). The molecule has 1 heterocycles. The van der Waals surface area contributed by atoms with Crippen molar-refractivity contribution in [2.24, 2.45) is 0 Å². The molecule has 2 aromatic rings. The lowest BCUT2D eigenvalue weighted by molar-refractivity contribution is 0.0696. The van der Waals surface area contributed by atoms with Gasteiger partial charge in [0.1, 0.15) is 0 Å². The highest BCUT2D eigenvalue weighted by Crippen LogP contribution is 2.16. The molecule has 1 aromatic carbocycles. The predicted octanol–water partition coefficient (Wildman–Crippen LogP) is 2.79. The molecule has 1 aromatic heterocycles. The lowest BCUT2D eigenvalue weighted by atomic mass is 10.1. The van der Waals surface area contributed by atoms with Crippen LogP contribution in [0, 0.1) is 17.5 Å². The number of hydrogen-bond acceptors (Lipinski definition) is 2. The number of carboxylic acid groups (broad SMARTS) is 1. The number of pyridine rings is 1. The maximum atomic E-state index is 13.0. The van der Waals surface area contributed by atoms with Crippen LogP contribution in [-0.4, -0.2) is 16.1 Å². The second-order valence-electron chi connectivity index (χ2n) is 3.89. The Hall–Kier alpha value is -2.37. The van der Waals surface area contributed by atoms with Crippen LogP contribution in [0.5, 0.6) is 0 Å². The summed E-state index contributed by atoms with van der Waals surface area (Å²) in [6, 6.07) is 4.31. The SMILES string of the molecule is O=C(O)c1ccnc(Cc2cc(F)c(F)c(F)c2)c1. The normalized spacial score (nSPS) is 10.5. The zero-order chi connectivity index (χ0) is 14.0. The third-order valence-electron chi connectivity index (χ3n) is 2.49. The van der Waals surface area contributed by atoms with Crippen LogP contribution in [0.3, 0.4) is 0 Å². The molecule has 0 aliphatic rings. The van der Waals surface area contributed by atoms with Crippen molar-refractivity contribution in [3.8, 4) is 0 Å². The van der Waals surface area contributed by atoms with E-state index in [-0.39, 0.29) is 17.5 Å². The number of benzene rings is 1. The first kappa shape index (κ1) is 13.1. The highest BCUT2D eigenvalue weighted by molar-refractivity contribution is 5.87. The smallest absolute Gasteiger partial charge is 0.335 e. The maximum Gasteiger partial charge on any atom is 0.335 e. The largest absolute Gasteiger partial charge is 0.478 e. The molecule has 19 heavy (non-hydrogen) atoms. The molecule has 98 valence electrons. The molecule has 0 saturated carbocycles. The minimum Gasteiger partial charge on any atom is -0.478 e. The van der Waals surface area contributed by atoms with E-state index in [1.165, 1.54) is 18.3 Å². The summed E-state index contributed by atoms with van der Waals surface area (Å²) in [6.45, 7) is 0. The Labute approximate surface area is 106 Å². The fourth-order valence-electron chi connectivity index (χ4n) is 1.63. The molecule has 1 N–H and O–H groups in total. The van der Waals surface area contributed by atoms with E-state index < -0.39 is 23.4 Å². The summed E-state index contributed by atoms with van der Waals surface area (Å²) in [5.41, 5.74) is 0.518. The summed E-state index contributed by atoms with van der Waals surface area (Å²) in [5, 5.41) is 8.80. The Bertz CT molecular complexity index is 621. The monoisotopic (exact) mass is 267 g/mol. The lowest BCUT2D eigenvalue weighted by Crippen LogP contribution is -2.01. The van der Waals surface area contributed by atoms with Gasteiger partial charge in [-0.3, -0.25) is 4.98 Å². The summed E-state index contributed by atoms with van der Waals surface area (Å²) < 4.78 is 38.8. The quantitative estimate of drug-likeness (QED) is 0.870. The first-order valence-corrected chi connectivity index (χ1v) is 5.29. The summed E-state index contributed by atoms with van der Waals surface area (Å²) in [6.07, 6.45) is 1.30. The number of nitrogens with zero attached hydrogens (tertiary/aromatic N) is 1. The molecule has 0 bridgehead atoms. The van der Waals surface area contributed by atoms with E-state index in [0.29, 0.717) is 5.69 Å². The van der Waals surface area contributed by atoms with Crippen molar-refractivity contribution in [2.75, 3.05) is 0 Å². The van der Waals surface area contributed by atoms with Gasteiger partial charge in [-0.2, -0.15) is 0 Å². The van der Waals surface area contributed by atoms with Crippen molar-refractivity contribution in [1.29, 1.82) is 0 Å². The molecule has 0 aliphatic carbocycles. The zero-order valence-electron chi connectivity index (χ0n) is 9.53. The van der Waals surface area contributed by atoms with Gasteiger partial charge in [-0.15, -0.1) is 0 Å². The van der Waals surface area contributed by atoms with Gasteiger partial charge >= 0.3 is 5.97 Å². The van der Waals surface area contributed by atoms with E-state index in [2.05, 4.69) is 4.98 Å². The third kappa shape index (κ3) is 2.90. The van der Waals surface area contributed by atoms with Crippen molar-refractivity contribution in [3.63, 3.8) is 0 Å². The van der Waals surface area contributed by atoms with Gasteiger partial charge < -0.3 is 5.11 Å². The number of rotatable bonds is 3. The lowest BCUT2D eigenvalue weighted by Gasteiger charge is -2.04. The average Bonchev–Trinajstić information content (AvgIpc) is 2.36. The molecule has 0 aliphatic heterocycles. The van der Waals surface area contributed by atoms with E-state index in [9.17, 15) is 18.0 Å². The van der Waals surface area contributed by atoms with Crippen LogP contribution >= 0.6 is 0 Å². The molecule has 0 unspecified atom stereocenters. The fourth-order valence-corrected chi connectivity index (χ4v) is 1.63. The van der Waals surface area contributed by atoms with Crippen LogP contribution in [0.15, 0.2) is 30.5 Å². The molecule has 0 amide bonds. The third-order valence-corrected chi connectivity index (χ3v) is 2.49. The van der Waals surface area contributed by atoms with Gasteiger partial charge in [-0.1, -0.05) is 0 Å². The number of carboxylic acids is 1. The van der Waals surface area contributed by atoms with Gasteiger partial charge in [0.05, 0.1) is 5.56 Å². The Morgan fingerprint density at radius 1 is 1.16 bits per heavy atom. The van der Waals surface area contributed by atoms with Crippen molar-refractivity contribution >= 4 is 5.97 Å². The van der Waals surface area contributed by atoms with E-state index in [0.717, 1.165) is 12.1 Å². The van der Waals surface area contributed by atoms with Crippen LogP contribution in [-0.2, 0) is 6.42 Å². The van der Waals surface area contributed by atoms with Crippen molar-refractivity contribution < 1.29 is 23.1 Å². The van der Waals surface area contributed by atoms with Gasteiger partial charge in [0.2, 0.25) is 0 Å². The molecule has 6 heteroatoms. The van der Waals surface area contributed by atoms with Gasteiger partial charge in [0.15, 0.2) is 17.5 Å². The molecule has 0 saturated heterocycles. The van der Waals surface area contributed by atoms with Crippen LogP contribution in [0.4, 0.5) is 13.2 Å². The molecule has 0 radical (unpaired) electrons. The molecule has 2 rings (SSSR count). The minimum atomic E-state index is -1.53.